The number of ether oxygens (including phenoxy) is 1. The normalized spacial score (nSPS) is 10.5. The highest BCUT2D eigenvalue weighted by atomic mass is 19.1. The van der Waals surface area contributed by atoms with Crippen LogP contribution < -0.4 is 10.1 Å². The van der Waals surface area contributed by atoms with Crippen molar-refractivity contribution in [3.05, 3.63) is 90.6 Å². The summed E-state index contributed by atoms with van der Waals surface area (Å²) in [5.74, 6) is 0.202. The fourth-order valence-electron chi connectivity index (χ4n) is 2.95. The first-order valence-electron chi connectivity index (χ1n) is 9.13. The molecule has 0 spiro atoms. The number of para-hydroxylation sites is 2. The van der Waals surface area contributed by atoms with Crippen molar-refractivity contribution in [3.8, 4) is 28.4 Å². The number of pyridine rings is 1. The molecule has 4 aromatic rings. The van der Waals surface area contributed by atoms with Crippen molar-refractivity contribution in [2.75, 3.05) is 12.4 Å². The molecule has 2 heterocycles. The minimum atomic E-state index is -0.378. The highest BCUT2D eigenvalue weighted by Crippen LogP contribution is 2.27. The van der Waals surface area contributed by atoms with E-state index in [2.05, 4.69) is 20.3 Å². The lowest BCUT2D eigenvalue weighted by Crippen LogP contribution is -2.15. The summed E-state index contributed by atoms with van der Waals surface area (Å²) in [5, 5.41) is 2.85. The molecule has 1 N–H and O–H groups in total. The maximum absolute atomic E-state index is 13.3. The molecule has 0 unspecified atom stereocenters. The predicted octanol–water partition coefficient (Wildman–Crippen LogP) is 4.61. The number of carbonyl (C=O) groups excluding carboxylic acids is 1. The van der Waals surface area contributed by atoms with E-state index < -0.39 is 0 Å². The summed E-state index contributed by atoms with van der Waals surface area (Å²) in [6.07, 6.45) is 4.71. The zero-order chi connectivity index (χ0) is 20.9. The number of halogens is 1. The molecule has 0 saturated heterocycles. The Morgan fingerprint density at radius 2 is 1.70 bits per heavy atom. The smallest absolute Gasteiger partial charge is 0.259 e. The average molecular weight is 400 g/mol. The third-order valence-electron chi connectivity index (χ3n) is 4.44. The number of amides is 1. The molecule has 148 valence electrons. The van der Waals surface area contributed by atoms with Crippen LogP contribution in [0, 0.1) is 5.82 Å². The number of aromatic nitrogens is 3. The van der Waals surface area contributed by atoms with Crippen LogP contribution in [0.15, 0.2) is 79.3 Å². The van der Waals surface area contributed by atoms with Gasteiger partial charge in [-0.25, -0.2) is 14.4 Å². The first-order chi connectivity index (χ1) is 14.7. The van der Waals surface area contributed by atoms with Crippen molar-refractivity contribution >= 4 is 11.6 Å². The van der Waals surface area contributed by atoms with Gasteiger partial charge in [0.1, 0.15) is 11.6 Å². The maximum atomic E-state index is 13.3. The number of rotatable bonds is 5. The standard InChI is InChI=1S/C23H17FN4O2/c1-30-20-5-3-2-4-19(20)27-23(29)18-14-26-22(16-6-8-17(24)9-7-16)28-21(18)15-10-12-25-13-11-15/h2-14H,1H3,(H,27,29). The first-order valence-corrected chi connectivity index (χ1v) is 9.13. The average Bonchev–Trinajstić information content (AvgIpc) is 2.80. The van der Waals surface area contributed by atoms with Crippen LogP contribution in [0.25, 0.3) is 22.6 Å². The quantitative estimate of drug-likeness (QED) is 0.530. The summed E-state index contributed by atoms with van der Waals surface area (Å²) in [6, 6.07) is 16.5. The number of anilines is 1. The van der Waals surface area contributed by atoms with Crippen LogP contribution in [-0.2, 0) is 0 Å². The number of carbonyl (C=O) groups is 1. The van der Waals surface area contributed by atoms with Crippen LogP contribution in [0.1, 0.15) is 10.4 Å². The number of methoxy groups -OCH3 is 1. The SMILES string of the molecule is COc1ccccc1NC(=O)c1cnc(-c2ccc(F)cc2)nc1-c1ccncc1. The topological polar surface area (TPSA) is 77.0 Å². The zero-order valence-electron chi connectivity index (χ0n) is 16.0. The molecule has 0 radical (unpaired) electrons. The van der Waals surface area contributed by atoms with Crippen LogP contribution in [-0.4, -0.2) is 28.0 Å². The molecule has 0 fully saturated rings. The van der Waals surface area contributed by atoms with Crippen molar-refractivity contribution in [3.63, 3.8) is 0 Å². The number of nitrogens with zero attached hydrogens (tertiary/aromatic N) is 3. The number of hydrogen-bond acceptors (Lipinski definition) is 5. The molecule has 1 amide bonds. The van der Waals surface area contributed by atoms with Crippen molar-refractivity contribution in [1.29, 1.82) is 0 Å². The second-order valence-corrected chi connectivity index (χ2v) is 6.35. The van der Waals surface area contributed by atoms with E-state index in [-0.39, 0.29) is 17.3 Å². The van der Waals surface area contributed by atoms with Gasteiger partial charge in [-0.2, -0.15) is 0 Å². The van der Waals surface area contributed by atoms with Gasteiger partial charge in [0.05, 0.1) is 24.1 Å². The molecular weight excluding hydrogens is 383 g/mol. The highest BCUT2D eigenvalue weighted by Gasteiger charge is 2.18. The third-order valence-corrected chi connectivity index (χ3v) is 4.44. The molecule has 0 atom stereocenters. The molecule has 2 aromatic heterocycles. The van der Waals surface area contributed by atoms with Crippen molar-refractivity contribution in [1.82, 2.24) is 15.0 Å². The summed E-state index contributed by atoms with van der Waals surface area (Å²) >= 11 is 0. The Labute approximate surface area is 172 Å². The number of nitrogens with one attached hydrogen (secondary N) is 1. The van der Waals surface area contributed by atoms with Crippen LogP contribution >= 0.6 is 0 Å². The fraction of sp³-hybridized carbons (Fsp3) is 0.0435. The Bertz CT molecular complexity index is 1180. The minimum Gasteiger partial charge on any atom is -0.495 e. The zero-order valence-corrected chi connectivity index (χ0v) is 16.0. The highest BCUT2D eigenvalue weighted by molar-refractivity contribution is 6.08. The van der Waals surface area contributed by atoms with Crippen LogP contribution in [0.5, 0.6) is 5.75 Å². The van der Waals surface area contributed by atoms with E-state index >= 15 is 0 Å². The monoisotopic (exact) mass is 400 g/mol. The number of hydrogen-bond donors (Lipinski definition) is 1. The van der Waals surface area contributed by atoms with E-state index in [1.165, 1.54) is 25.4 Å². The molecule has 6 nitrogen and oxygen atoms in total. The largest absolute Gasteiger partial charge is 0.495 e. The second kappa shape index (κ2) is 8.48. The summed E-state index contributed by atoms with van der Waals surface area (Å²) in [6.45, 7) is 0. The van der Waals surface area contributed by atoms with Crippen molar-refractivity contribution in [2.45, 2.75) is 0 Å². The Hall–Kier alpha value is -4.13. The Morgan fingerprint density at radius 1 is 0.967 bits per heavy atom. The van der Waals surface area contributed by atoms with Crippen LogP contribution in [0.2, 0.25) is 0 Å². The van der Waals surface area contributed by atoms with Gasteiger partial charge in [0.2, 0.25) is 0 Å². The van der Waals surface area contributed by atoms with E-state index in [0.29, 0.717) is 34.1 Å². The lowest BCUT2D eigenvalue weighted by molar-refractivity contribution is 0.102. The molecule has 2 aromatic carbocycles. The molecule has 0 aliphatic rings. The Morgan fingerprint density at radius 3 is 2.43 bits per heavy atom. The third kappa shape index (κ3) is 4.00. The van der Waals surface area contributed by atoms with Crippen LogP contribution in [0.3, 0.4) is 0 Å². The lowest BCUT2D eigenvalue weighted by Gasteiger charge is -2.13. The molecule has 30 heavy (non-hydrogen) atoms. The summed E-state index contributed by atoms with van der Waals surface area (Å²) in [4.78, 5) is 26.0. The molecule has 0 saturated carbocycles. The first kappa shape index (κ1) is 19.2. The van der Waals surface area contributed by atoms with E-state index in [0.717, 1.165) is 0 Å². The number of benzene rings is 2. The summed E-state index contributed by atoms with van der Waals surface area (Å²) in [5.41, 5.74) is 2.62. The Kier molecular flexibility index (Phi) is 5.43. The second-order valence-electron chi connectivity index (χ2n) is 6.35. The molecule has 0 aliphatic heterocycles. The van der Waals surface area contributed by atoms with E-state index in [1.807, 2.05) is 6.07 Å². The van der Waals surface area contributed by atoms with E-state index in [9.17, 15) is 9.18 Å². The fourth-order valence-corrected chi connectivity index (χ4v) is 2.95. The summed E-state index contributed by atoms with van der Waals surface area (Å²) in [7, 11) is 1.54. The van der Waals surface area contributed by atoms with Gasteiger partial charge < -0.3 is 10.1 Å². The summed E-state index contributed by atoms with van der Waals surface area (Å²) < 4.78 is 18.6. The van der Waals surface area contributed by atoms with Gasteiger partial charge in [0, 0.05) is 29.7 Å². The van der Waals surface area contributed by atoms with E-state index in [1.54, 1.807) is 54.9 Å². The van der Waals surface area contributed by atoms with Gasteiger partial charge in [-0.1, -0.05) is 12.1 Å². The molecule has 4 rings (SSSR count). The van der Waals surface area contributed by atoms with Crippen molar-refractivity contribution < 1.29 is 13.9 Å². The van der Waals surface area contributed by atoms with Gasteiger partial charge in [-0.3, -0.25) is 9.78 Å². The molecule has 0 aliphatic carbocycles. The van der Waals surface area contributed by atoms with Gasteiger partial charge >= 0.3 is 0 Å². The van der Waals surface area contributed by atoms with Crippen LogP contribution in [0.4, 0.5) is 10.1 Å². The van der Waals surface area contributed by atoms with Gasteiger partial charge in [-0.15, -0.1) is 0 Å². The van der Waals surface area contributed by atoms with Gasteiger partial charge in [0.25, 0.3) is 5.91 Å². The molecule has 7 heteroatoms. The predicted molar refractivity (Wildman–Crippen MR) is 112 cm³/mol. The van der Waals surface area contributed by atoms with Crippen molar-refractivity contribution in [2.24, 2.45) is 0 Å². The van der Waals surface area contributed by atoms with Gasteiger partial charge in [-0.05, 0) is 48.5 Å². The molecular formula is C23H17FN4O2. The van der Waals surface area contributed by atoms with E-state index in [4.69, 9.17) is 4.74 Å². The van der Waals surface area contributed by atoms with Gasteiger partial charge in [0.15, 0.2) is 5.82 Å². The maximum Gasteiger partial charge on any atom is 0.259 e. The lowest BCUT2D eigenvalue weighted by atomic mass is 10.1. The minimum absolute atomic E-state index is 0.290. The Balaban J connectivity index is 1.77. The molecule has 0 bridgehead atoms.